The third kappa shape index (κ3) is 5.32. The van der Waals surface area contributed by atoms with Gasteiger partial charge in [-0.25, -0.2) is 0 Å². The number of aliphatic hydroxyl groups excluding tert-OH is 1. The van der Waals surface area contributed by atoms with Crippen molar-refractivity contribution in [2.45, 2.75) is 72.8 Å². The summed E-state index contributed by atoms with van der Waals surface area (Å²) in [5, 5.41) is 10.3. The van der Waals surface area contributed by atoms with Crippen molar-refractivity contribution in [3.05, 3.63) is 53.0 Å². The van der Waals surface area contributed by atoms with Gasteiger partial charge in [-0.3, -0.25) is 4.79 Å². The second kappa shape index (κ2) is 9.90. The molecule has 0 aliphatic rings. The maximum atomic E-state index is 12.5. The molecule has 0 aliphatic carbocycles. The smallest absolute Gasteiger partial charge is 0.289 e. The summed E-state index contributed by atoms with van der Waals surface area (Å²) in [5.41, 5.74) is 1.60. The van der Waals surface area contributed by atoms with Crippen molar-refractivity contribution in [2.75, 3.05) is 20.2 Å². The van der Waals surface area contributed by atoms with E-state index in [9.17, 15) is 9.90 Å². The quantitative estimate of drug-likeness (QED) is 0.566. The van der Waals surface area contributed by atoms with Crippen LogP contribution in [0.15, 0.2) is 34.7 Å². The molecule has 2 aromatic rings. The average Bonchev–Trinajstić information content (AvgIpc) is 3.23. The van der Waals surface area contributed by atoms with Gasteiger partial charge in [-0.2, -0.15) is 0 Å². The van der Waals surface area contributed by atoms with Gasteiger partial charge in [0.05, 0.1) is 11.5 Å². The normalized spacial score (nSPS) is 13.2. The first-order valence-electron chi connectivity index (χ1n) is 11.3. The number of furan rings is 1. The molecule has 2 rings (SSSR count). The van der Waals surface area contributed by atoms with E-state index in [2.05, 4.69) is 26.0 Å². The molecule has 0 saturated heterocycles. The molecule has 0 saturated carbocycles. The molecule has 1 heterocycles. The molecule has 0 aliphatic heterocycles. The summed E-state index contributed by atoms with van der Waals surface area (Å²) >= 11 is 0. The Kier molecular flexibility index (Phi) is 7.98. The van der Waals surface area contributed by atoms with Gasteiger partial charge >= 0.3 is 0 Å². The van der Waals surface area contributed by atoms with E-state index in [1.165, 1.54) is 0 Å². The van der Waals surface area contributed by atoms with E-state index in [0.717, 1.165) is 35.5 Å². The second-order valence-electron chi connectivity index (χ2n) is 9.45. The molecule has 1 N–H and O–H groups in total. The van der Waals surface area contributed by atoms with Crippen LogP contribution in [0.4, 0.5) is 0 Å². The largest absolute Gasteiger partial charge is 0.491 e. The Morgan fingerprint density at radius 1 is 1.13 bits per heavy atom. The van der Waals surface area contributed by atoms with Gasteiger partial charge in [0.15, 0.2) is 5.76 Å². The molecular weight excluding hydrogens is 390 g/mol. The van der Waals surface area contributed by atoms with E-state index in [0.29, 0.717) is 12.3 Å². The number of hydrogen-bond donors (Lipinski definition) is 1. The van der Waals surface area contributed by atoms with E-state index in [1.807, 2.05) is 46.8 Å². The molecule has 1 unspecified atom stereocenters. The predicted octanol–water partition coefficient (Wildman–Crippen LogP) is 5.57. The number of amides is 1. The molecule has 1 amide bonds. The number of ether oxygens (including phenoxy) is 1. The Hall–Kier alpha value is -2.27. The minimum absolute atomic E-state index is 0.104. The van der Waals surface area contributed by atoms with Crippen LogP contribution in [0.25, 0.3) is 0 Å². The lowest BCUT2D eigenvalue weighted by Gasteiger charge is -2.31. The van der Waals surface area contributed by atoms with E-state index >= 15 is 0 Å². The highest BCUT2D eigenvalue weighted by atomic mass is 16.5. The first-order valence-corrected chi connectivity index (χ1v) is 11.3. The van der Waals surface area contributed by atoms with E-state index < -0.39 is 6.10 Å². The third-order valence-corrected chi connectivity index (χ3v) is 6.44. The molecule has 0 spiro atoms. The lowest BCUT2D eigenvalue weighted by molar-refractivity contribution is 0.0216. The molecule has 1 aromatic carbocycles. The van der Waals surface area contributed by atoms with Gasteiger partial charge in [-0.1, -0.05) is 46.8 Å². The zero-order chi connectivity index (χ0) is 23.4. The highest BCUT2D eigenvalue weighted by Crippen LogP contribution is 2.41. The number of rotatable bonds is 9. The monoisotopic (exact) mass is 429 g/mol. The first kappa shape index (κ1) is 25.0. The molecule has 0 bridgehead atoms. The van der Waals surface area contributed by atoms with Gasteiger partial charge < -0.3 is 19.2 Å². The Morgan fingerprint density at radius 3 is 2.29 bits per heavy atom. The molecule has 0 fully saturated rings. The van der Waals surface area contributed by atoms with Crippen molar-refractivity contribution in [3.63, 3.8) is 0 Å². The number of benzene rings is 1. The van der Waals surface area contributed by atoms with Crippen LogP contribution in [0.5, 0.6) is 5.75 Å². The van der Waals surface area contributed by atoms with Crippen molar-refractivity contribution in [3.8, 4) is 5.75 Å². The Bertz CT molecular complexity index is 874. The van der Waals surface area contributed by atoms with E-state index in [1.54, 1.807) is 18.0 Å². The van der Waals surface area contributed by atoms with Gasteiger partial charge in [0.2, 0.25) is 0 Å². The van der Waals surface area contributed by atoms with Crippen LogP contribution in [-0.4, -0.2) is 42.2 Å². The zero-order valence-corrected chi connectivity index (χ0v) is 20.4. The molecule has 5 nitrogen and oxygen atoms in total. The number of aryl methyl sites for hydroxylation is 1. The van der Waals surface area contributed by atoms with Crippen LogP contribution in [0.2, 0.25) is 0 Å². The highest BCUT2D eigenvalue weighted by Gasteiger charge is 2.35. The van der Waals surface area contributed by atoms with Gasteiger partial charge in [0.1, 0.15) is 18.1 Å². The maximum Gasteiger partial charge on any atom is 0.289 e. The molecular formula is C26H39NO4. The van der Waals surface area contributed by atoms with Crippen LogP contribution in [-0.2, 0) is 5.41 Å². The van der Waals surface area contributed by atoms with Crippen molar-refractivity contribution < 1.29 is 19.1 Å². The van der Waals surface area contributed by atoms with Gasteiger partial charge in [0.25, 0.3) is 5.91 Å². The fourth-order valence-electron chi connectivity index (χ4n) is 3.72. The molecule has 5 heteroatoms. The van der Waals surface area contributed by atoms with Gasteiger partial charge in [-0.05, 0) is 61.4 Å². The lowest BCUT2D eigenvalue weighted by Crippen LogP contribution is -2.32. The summed E-state index contributed by atoms with van der Waals surface area (Å²) in [5.74, 6) is 1.85. The minimum atomic E-state index is -0.544. The van der Waals surface area contributed by atoms with Gasteiger partial charge in [0, 0.05) is 13.6 Å². The summed E-state index contributed by atoms with van der Waals surface area (Å²) in [6, 6.07) is 9.89. The van der Waals surface area contributed by atoms with Crippen LogP contribution >= 0.6 is 0 Å². The summed E-state index contributed by atoms with van der Waals surface area (Å²) < 4.78 is 12.0. The van der Waals surface area contributed by atoms with Crippen molar-refractivity contribution in [1.82, 2.24) is 4.90 Å². The Balaban J connectivity index is 2.34. The SMILES string of the molecule is CCN(C)C(=O)c1ccc(C(CC)(CC)c2ccc(OCC(O)C(C)(C)C)c(C)c2)o1. The average molecular weight is 430 g/mol. The van der Waals surface area contributed by atoms with Gasteiger partial charge in [-0.15, -0.1) is 0 Å². The van der Waals surface area contributed by atoms with Crippen molar-refractivity contribution in [1.29, 1.82) is 0 Å². The fraction of sp³-hybridized carbons (Fsp3) is 0.577. The lowest BCUT2D eigenvalue weighted by atomic mass is 9.73. The number of aliphatic hydroxyl groups is 1. The maximum absolute atomic E-state index is 12.5. The summed E-state index contributed by atoms with van der Waals surface area (Å²) in [6.07, 6.45) is 1.14. The second-order valence-corrected chi connectivity index (χ2v) is 9.45. The highest BCUT2D eigenvalue weighted by molar-refractivity contribution is 5.91. The van der Waals surface area contributed by atoms with Crippen molar-refractivity contribution in [2.24, 2.45) is 5.41 Å². The fourth-order valence-corrected chi connectivity index (χ4v) is 3.72. The molecule has 172 valence electrons. The predicted molar refractivity (Wildman–Crippen MR) is 125 cm³/mol. The molecule has 1 aromatic heterocycles. The Labute approximate surface area is 187 Å². The number of carbonyl (C=O) groups is 1. The molecule has 1 atom stereocenters. The van der Waals surface area contributed by atoms with Crippen LogP contribution in [0.3, 0.4) is 0 Å². The molecule has 0 radical (unpaired) electrons. The van der Waals surface area contributed by atoms with Crippen molar-refractivity contribution >= 4 is 5.91 Å². The number of hydrogen-bond acceptors (Lipinski definition) is 4. The summed E-state index contributed by atoms with van der Waals surface area (Å²) in [6.45, 7) is 15.1. The number of nitrogens with zero attached hydrogens (tertiary/aromatic N) is 1. The molecule has 31 heavy (non-hydrogen) atoms. The minimum Gasteiger partial charge on any atom is -0.491 e. The van der Waals surface area contributed by atoms with Crippen LogP contribution in [0.1, 0.15) is 81.8 Å². The first-order chi connectivity index (χ1) is 14.5. The zero-order valence-electron chi connectivity index (χ0n) is 20.4. The van der Waals surface area contributed by atoms with E-state index in [-0.39, 0.29) is 23.3 Å². The summed E-state index contributed by atoms with van der Waals surface area (Å²) in [4.78, 5) is 14.2. The van der Waals surface area contributed by atoms with Crippen LogP contribution in [0, 0.1) is 12.3 Å². The number of carbonyl (C=O) groups excluding carboxylic acids is 1. The topological polar surface area (TPSA) is 62.9 Å². The van der Waals surface area contributed by atoms with Crippen LogP contribution < -0.4 is 4.74 Å². The third-order valence-electron chi connectivity index (χ3n) is 6.44. The standard InChI is InChI=1S/C26H39NO4/c1-9-26(10-2,23-15-14-21(31-23)24(29)27(8)11-3)19-12-13-20(18(4)16-19)30-17-22(28)25(5,6)7/h12-16,22,28H,9-11,17H2,1-8H3. The van der Waals surface area contributed by atoms with E-state index in [4.69, 9.17) is 9.15 Å². The Morgan fingerprint density at radius 2 is 1.77 bits per heavy atom. The summed E-state index contributed by atoms with van der Waals surface area (Å²) in [7, 11) is 1.77.